The summed E-state index contributed by atoms with van der Waals surface area (Å²) < 4.78 is 19.0. The van der Waals surface area contributed by atoms with Crippen molar-refractivity contribution in [3.05, 3.63) is 87.8 Å². The van der Waals surface area contributed by atoms with E-state index in [4.69, 9.17) is 16.3 Å². The number of carbonyl (C=O) groups excluding carboxylic acids is 1. The normalized spacial score (nSPS) is 12.3. The Bertz CT molecular complexity index is 1060. The Morgan fingerprint density at radius 3 is 2.70 bits per heavy atom. The summed E-state index contributed by atoms with van der Waals surface area (Å²) in [5.74, 6) is -0.201. The van der Waals surface area contributed by atoms with E-state index in [0.29, 0.717) is 48.3 Å². The number of anilines is 1. The number of carbonyl (C=O) groups is 1. The van der Waals surface area contributed by atoms with Crippen LogP contribution >= 0.6 is 11.6 Å². The van der Waals surface area contributed by atoms with E-state index in [0.717, 1.165) is 11.1 Å². The zero-order valence-corrected chi connectivity index (χ0v) is 19.2. The standard InChI is InChI=1S/C22H18ClFN2O3.Na/c23-16-3-6-20(29-13-14-1-4-17(24)5-2-14)15(11-16)12-26-10-8-18-19(22(27)28)7-9-25-21(18)26;/h1-7,9,11H,8,10,12-13H2,(H,27,28);/q;+1/p-1. The number of nitrogens with zero attached hydrogens (tertiary/aromatic N) is 2. The maximum atomic E-state index is 13.1. The Labute approximate surface area is 200 Å². The molecule has 148 valence electrons. The molecule has 30 heavy (non-hydrogen) atoms. The Kier molecular flexibility index (Phi) is 7.36. The van der Waals surface area contributed by atoms with Crippen molar-refractivity contribution in [2.45, 2.75) is 19.6 Å². The van der Waals surface area contributed by atoms with Crippen LogP contribution in [-0.4, -0.2) is 17.5 Å². The third-order valence-corrected chi connectivity index (χ3v) is 5.11. The van der Waals surface area contributed by atoms with Crippen LogP contribution in [0.4, 0.5) is 10.2 Å². The number of aromatic carboxylic acids is 1. The van der Waals surface area contributed by atoms with Crippen molar-refractivity contribution in [3.8, 4) is 5.75 Å². The second-order valence-corrected chi connectivity index (χ2v) is 7.22. The molecule has 5 nitrogen and oxygen atoms in total. The minimum Gasteiger partial charge on any atom is -0.545 e. The van der Waals surface area contributed by atoms with Crippen LogP contribution < -0.4 is 44.3 Å². The van der Waals surface area contributed by atoms with Crippen molar-refractivity contribution in [3.63, 3.8) is 0 Å². The third kappa shape index (κ3) is 4.95. The summed E-state index contributed by atoms with van der Waals surface area (Å²) in [6.45, 7) is 1.39. The number of carboxylic acids is 1. The molecule has 0 amide bonds. The van der Waals surface area contributed by atoms with Gasteiger partial charge in [0.25, 0.3) is 0 Å². The van der Waals surface area contributed by atoms with Crippen LogP contribution in [0.15, 0.2) is 54.7 Å². The number of hydrogen-bond donors (Lipinski definition) is 0. The van der Waals surface area contributed by atoms with Crippen molar-refractivity contribution < 1.29 is 48.6 Å². The van der Waals surface area contributed by atoms with E-state index in [1.54, 1.807) is 24.3 Å². The van der Waals surface area contributed by atoms with Crippen molar-refractivity contribution in [2.24, 2.45) is 0 Å². The monoisotopic (exact) mass is 434 g/mol. The summed E-state index contributed by atoms with van der Waals surface area (Å²) in [7, 11) is 0. The minimum absolute atomic E-state index is 0. The summed E-state index contributed by atoms with van der Waals surface area (Å²) >= 11 is 6.19. The molecule has 2 heterocycles. The zero-order valence-electron chi connectivity index (χ0n) is 16.4. The smallest absolute Gasteiger partial charge is 0.545 e. The van der Waals surface area contributed by atoms with E-state index in [1.165, 1.54) is 24.4 Å². The van der Waals surface area contributed by atoms with Crippen molar-refractivity contribution in [1.82, 2.24) is 4.98 Å². The molecule has 0 unspecified atom stereocenters. The first-order valence-electron chi connectivity index (χ1n) is 9.11. The molecule has 0 bridgehead atoms. The van der Waals surface area contributed by atoms with E-state index >= 15 is 0 Å². The molecule has 0 radical (unpaired) electrons. The fraction of sp³-hybridized carbons (Fsp3) is 0.182. The molecule has 0 aliphatic carbocycles. The van der Waals surface area contributed by atoms with Gasteiger partial charge in [0, 0.05) is 41.0 Å². The molecule has 0 saturated heterocycles. The molecule has 0 atom stereocenters. The van der Waals surface area contributed by atoms with Crippen LogP contribution in [0.3, 0.4) is 0 Å². The average Bonchev–Trinajstić information content (AvgIpc) is 3.11. The van der Waals surface area contributed by atoms with Crippen LogP contribution in [0.2, 0.25) is 5.02 Å². The molecule has 0 saturated carbocycles. The largest absolute Gasteiger partial charge is 1.00 e. The van der Waals surface area contributed by atoms with Crippen LogP contribution in [0.1, 0.15) is 27.0 Å². The van der Waals surface area contributed by atoms with Gasteiger partial charge in [-0.3, -0.25) is 0 Å². The van der Waals surface area contributed by atoms with E-state index in [1.807, 2.05) is 11.0 Å². The van der Waals surface area contributed by atoms with Gasteiger partial charge in [0.15, 0.2) is 0 Å². The number of hydrogen-bond acceptors (Lipinski definition) is 5. The number of ether oxygens (including phenoxy) is 1. The predicted octanol–water partition coefficient (Wildman–Crippen LogP) is 0.383. The molecule has 0 spiro atoms. The Morgan fingerprint density at radius 1 is 1.20 bits per heavy atom. The molecular weight excluding hydrogens is 418 g/mol. The summed E-state index contributed by atoms with van der Waals surface area (Å²) in [5, 5.41) is 11.9. The van der Waals surface area contributed by atoms with Crippen LogP contribution in [-0.2, 0) is 19.6 Å². The van der Waals surface area contributed by atoms with Gasteiger partial charge < -0.3 is 19.5 Å². The van der Waals surface area contributed by atoms with E-state index in [2.05, 4.69) is 4.98 Å². The average molecular weight is 435 g/mol. The number of carboxylic acid groups (broad SMARTS) is 1. The Morgan fingerprint density at radius 2 is 1.97 bits per heavy atom. The maximum absolute atomic E-state index is 13.1. The Balaban J connectivity index is 0.00000256. The summed E-state index contributed by atoms with van der Waals surface area (Å²) in [4.78, 5) is 17.7. The van der Waals surface area contributed by atoms with Crippen LogP contribution in [0, 0.1) is 5.82 Å². The number of rotatable bonds is 6. The molecule has 1 aliphatic rings. The van der Waals surface area contributed by atoms with Gasteiger partial charge in [-0.2, -0.15) is 0 Å². The van der Waals surface area contributed by atoms with Crippen LogP contribution in [0.5, 0.6) is 5.75 Å². The molecular formula is C22H17ClFN2NaO3. The van der Waals surface area contributed by atoms with Gasteiger partial charge in [-0.25, -0.2) is 9.37 Å². The van der Waals surface area contributed by atoms with E-state index in [9.17, 15) is 14.3 Å². The second kappa shape index (κ2) is 9.79. The molecule has 4 rings (SSSR count). The van der Waals surface area contributed by atoms with Crippen molar-refractivity contribution in [2.75, 3.05) is 11.4 Å². The van der Waals surface area contributed by atoms with Crippen molar-refractivity contribution >= 4 is 23.4 Å². The van der Waals surface area contributed by atoms with Gasteiger partial charge in [-0.05, 0) is 48.4 Å². The number of pyridine rings is 1. The number of halogens is 2. The van der Waals surface area contributed by atoms with Gasteiger partial charge in [-0.1, -0.05) is 23.7 Å². The number of benzene rings is 2. The fourth-order valence-electron chi connectivity index (χ4n) is 3.46. The molecule has 3 aromatic rings. The maximum Gasteiger partial charge on any atom is 1.00 e. The molecule has 0 N–H and O–H groups in total. The van der Waals surface area contributed by atoms with Crippen molar-refractivity contribution in [1.29, 1.82) is 0 Å². The van der Waals surface area contributed by atoms with Gasteiger partial charge >= 0.3 is 29.6 Å². The molecule has 1 aliphatic heterocycles. The number of aromatic nitrogens is 1. The van der Waals surface area contributed by atoms with E-state index < -0.39 is 5.97 Å². The summed E-state index contributed by atoms with van der Waals surface area (Å²) in [6, 6.07) is 13.0. The summed E-state index contributed by atoms with van der Waals surface area (Å²) in [6.07, 6.45) is 2.06. The van der Waals surface area contributed by atoms with Gasteiger partial charge in [0.2, 0.25) is 0 Å². The first kappa shape index (κ1) is 22.6. The van der Waals surface area contributed by atoms with Gasteiger partial charge in [-0.15, -0.1) is 0 Å². The van der Waals surface area contributed by atoms with E-state index in [-0.39, 0.29) is 40.9 Å². The molecule has 1 aromatic heterocycles. The van der Waals surface area contributed by atoms with Crippen LogP contribution in [0.25, 0.3) is 0 Å². The Hall–Kier alpha value is -2.12. The van der Waals surface area contributed by atoms with Gasteiger partial charge in [0.05, 0.1) is 5.97 Å². The molecule has 0 fully saturated rings. The van der Waals surface area contributed by atoms with Gasteiger partial charge in [0.1, 0.15) is 24.0 Å². The quantitative estimate of drug-likeness (QED) is 0.525. The summed E-state index contributed by atoms with van der Waals surface area (Å²) in [5.41, 5.74) is 2.56. The first-order chi connectivity index (χ1) is 14.0. The minimum atomic E-state index is -1.20. The predicted molar refractivity (Wildman–Crippen MR) is 106 cm³/mol. The fourth-order valence-corrected chi connectivity index (χ4v) is 3.65. The first-order valence-corrected chi connectivity index (χ1v) is 9.49. The molecule has 2 aromatic carbocycles. The second-order valence-electron chi connectivity index (χ2n) is 6.79. The topological polar surface area (TPSA) is 65.5 Å². The zero-order chi connectivity index (χ0) is 20.4. The number of fused-ring (bicyclic) bond motifs is 1. The SMILES string of the molecule is O=C([O-])c1ccnc2c1CCN2Cc1cc(Cl)ccc1OCc1ccc(F)cc1.[Na+]. The third-order valence-electron chi connectivity index (χ3n) is 4.88. The molecule has 8 heteroatoms.